The number of rotatable bonds is 5. The number of aliphatic hydroxyl groups is 1. The van der Waals surface area contributed by atoms with Gasteiger partial charge in [-0.25, -0.2) is 8.78 Å². The minimum Gasteiger partial charge on any atom is -0.388 e. The minimum atomic E-state index is -0.909. The van der Waals surface area contributed by atoms with E-state index in [4.69, 9.17) is 4.74 Å². The molecule has 0 saturated carbocycles. The van der Waals surface area contributed by atoms with Gasteiger partial charge >= 0.3 is 0 Å². The fraction of sp³-hybridized carbons (Fsp3) is 0.533. The molecule has 6 heteroatoms. The highest BCUT2D eigenvalue weighted by atomic mass is 19.2. The van der Waals surface area contributed by atoms with Crippen LogP contribution in [0.4, 0.5) is 8.78 Å². The number of aryl methyl sites for hydroxylation is 1. The Hall–Kier alpha value is -1.53. The second kappa shape index (κ2) is 6.95. The lowest BCUT2D eigenvalue weighted by Gasteiger charge is -2.16. The van der Waals surface area contributed by atoms with Gasteiger partial charge < -0.3 is 14.7 Å². The average molecular weight is 299 g/mol. The van der Waals surface area contributed by atoms with E-state index in [1.807, 2.05) is 6.92 Å². The molecule has 1 aliphatic rings. The fourth-order valence-electron chi connectivity index (χ4n) is 2.44. The molecule has 116 valence electrons. The van der Waals surface area contributed by atoms with Crippen LogP contribution >= 0.6 is 0 Å². The van der Waals surface area contributed by atoms with E-state index in [2.05, 4.69) is 0 Å². The Balaban J connectivity index is 1.86. The van der Waals surface area contributed by atoms with Crippen molar-refractivity contribution in [1.82, 2.24) is 4.90 Å². The first-order valence-electron chi connectivity index (χ1n) is 7.02. The third kappa shape index (κ3) is 3.98. The number of ether oxygens (including phenoxy) is 1. The molecule has 1 aromatic carbocycles. The summed E-state index contributed by atoms with van der Waals surface area (Å²) in [6.45, 7) is 2.94. The van der Waals surface area contributed by atoms with Gasteiger partial charge in [0.15, 0.2) is 11.6 Å². The molecule has 0 aliphatic carbocycles. The second-order valence-corrected chi connectivity index (χ2v) is 5.11. The number of amides is 1. The van der Waals surface area contributed by atoms with E-state index in [-0.39, 0.29) is 25.0 Å². The maximum absolute atomic E-state index is 13.1. The third-order valence-corrected chi connectivity index (χ3v) is 3.58. The molecule has 0 radical (unpaired) electrons. The Labute approximate surface area is 122 Å². The molecule has 0 unspecified atom stereocenters. The maximum atomic E-state index is 13.1. The molecule has 0 bridgehead atoms. The van der Waals surface area contributed by atoms with Crippen LogP contribution in [0.2, 0.25) is 0 Å². The highest BCUT2D eigenvalue weighted by molar-refractivity contribution is 5.76. The van der Waals surface area contributed by atoms with E-state index in [1.165, 1.54) is 6.07 Å². The molecule has 1 aromatic rings. The number of aliphatic hydroxyl groups excluding tert-OH is 1. The Morgan fingerprint density at radius 2 is 2.14 bits per heavy atom. The molecule has 1 saturated heterocycles. The van der Waals surface area contributed by atoms with Crippen LogP contribution in [0.5, 0.6) is 0 Å². The summed E-state index contributed by atoms with van der Waals surface area (Å²) in [6.07, 6.45) is -0.488. The summed E-state index contributed by atoms with van der Waals surface area (Å²) in [5.74, 6) is -1.93. The SMILES string of the molecule is CCO[C@H]1CN(C(=O)CCc2ccc(F)c(F)c2)C[C@@H]1O. The number of benzene rings is 1. The zero-order valence-corrected chi connectivity index (χ0v) is 11.9. The topological polar surface area (TPSA) is 49.8 Å². The monoisotopic (exact) mass is 299 g/mol. The Morgan fingerprint density at radius 1 is 1.38 bits per heavy atom. The highest BCUT2D eigenvalue weighted by Gasteiger charge is 2.34. The average Bonchev–Trinajstić information content (AvgIpc) is 2.82. The summed E-state index contributed by atoms with van der Waals surface area (Å²) in [6, 6.07) is 3.62. The lowest BCUT2D eigenvalue weighted by Crippen LogP contribution is -2.30. The second-order valence-electron chi connectivity index (χ2n) is 5.11. The molecule has 1 heterocycles. The Kier molecular flexibility index (Phi) is 5.25. The number of carbonyl (C=O) groups is 1. The van der Waals surface area contributed by atoms with Gasteiger partial charge in [-0.05, 0) is 31.0 Å². The summed E-state index contributed by atoms with van der Waals surface area (Å²) >= 11 is 0. The van der Waals surface area contributed by atoms with Crippen LogP contribution in [0.1, 0.15) is 18.9 Å². The van der Waals surface area contributed by atoms with Gasteiger partial charge in [0, 0.05) is 26.1 Å². The number of carbonyl (C=O) groups excluding carboxylic acids is 1. The maximum Gasteiger partial charge on any atom is 0.223 e. The molecule has 1 fully saturated rings. The predicted molar refractivity (Wildman–Crippen MR) is 72.7 cm³/mol. The molecule has 2 atom stereocenters. The van der Waals surface area contributed by atoms with Gasteiger partial charge in [-0.1, -0.05) is 6.07 Å². The zero-order valence-electron chi connectivity index (χ0n) is 11.9. The van der Waals surface area contributed by atoms with Gasteiger partial charge in [-0.3, -0.25) is 4.79 Å². The van der Waals surface area contributed by atoms with E-state index in [0.717, 1.165) is 12.1 Å². The standard InChI is InChI=1S/C15H19F2NO3/c1-2-21-14-9-18(8-13(14)19)15(20)6-4-10-3-5-11(16)12(17)7-10/h3,5,7,13-14,19H,2,4,6,8-9H2,1H3/t13-,14-/m0/s1. The van der Waals surface area contributed by atoms with E-state index in [0.29, 0.717) is 25.1 Å². The van der Waals surface area contributed by atoms with Crippen molar-refractivity contribution in [2.45, 2.75) is 32.0 Å². The van der Waals surface area contributed by atoms with Crippen LogP contribution in [-0.2, 0) is 16.0 Å². The largest absolute Gasteiger partial charge is 0.388 e. The Morgan fingerprint density at radius 3 is 2.81 bits per heavy atom. The lowest BCUT2D eigenvalue weighted by atomic mass is 10.1. The van der Waals surface area contributed by atoms with Crippen molar-refractivity contribution in [3.05, 3.63) is 35.4 Å². The van der Waals surface area contributed by atoms with E-state index >= 15 is 0 Å². The van der Waals surface area contributed by atoms with Gasteiger partial charge in [0.05, 0.1) is 6.10 Å². The number of halogens is 2. The first kappa shape index (κ1) is 15.9. The number of likely N-dealkylation sites (tertiary alicyclic amines) is 1. The van der Waals surface area contributed by atoms with Gasteiger partial charge in [-0.15, -0.1) is 0 Å². The van der Waals surface area contributed by atoms with Crippen molar-refractivity contribution < 1.29 is 23.4 Å². The first-order chi connectivity index (χ1) is 10.0. The lowest BCUT2D eigenvalue weighted by molar-refractivity contribution is -0.130. The van der Waals surface area contributed by atoms with E-state index < -0.39 is 17.7 Å². The molecule has 1 amide bonds. The van der Waals surface area contributed by atoms with Crippen molar-refractivity contribution in [2.75, 3.05) is 19.7 Å². The first-order valence-corrected chi connectivity index (χ1v) is 7.02. The molecule has 2 rings (SSSR count). The van der Waals surface area contributed by atoms with Crippen molar-refractivity contribution in [1.29, 1.82) is 0 Å². The summed E-state index contributed by atoms with van der Waals surface area (Å²) < 4.78 is 31.2. The molecule has 1 aliphatic heterocycles. The highest BCUT2D eigenvalue weighted by Crippen LogP contribution is 2.16. The molecular weight excluding hydrogens is 280 g/mol. The van der Waals surface area contributed by atoms with Gasteiger partial charge in [0.2, 0.25) is 5.91 Å². The van der Waals surface area contributed by atoms with Gasteiger partial charge in [-0.2, -0.15) is 0 Å². The molecule has 21 heavy (non-hydrogen) atoms. The third-order valence-electron chi connectivity index (χ3n) is 3.58. The Bertz CT molecular complexity index is 510. The van der Waals surface area contributed by atoms with Crippen molar-refractivity contribution in [3.8, 4) is 0 Å². The quantitative estimate of drug-likeness (QED) is 0.896. The van der Waals surface area contributed by atoms with Crippen molar-refractivity contribution >= 4 is 5.91 Å². The van der Waals surface area contributed by atoms with E-state index in [9.17, 15) is 18.7 Å². The zero-order chi connectivity index (χ0) is 15.4. The summed E-state index contributed by atoms with van der Waals surface area (Å²) in [7, 11) is 0. The molecular formula is C15H19F2NO3. The summed E-state index contributed by atoms with van der Waals surface area (Å²) in [5, 5.41) is 9.78. The molecule has 1 N–H and O–H groups in total. The minimum absolute atomic E-state index is 0.124. The molecule has 4 nitrogen and oxygen atoms in total. The normalized spacial score (nSPS) is 21.8. The van der Waals surface area contributed by atoms with Crippen LogP contribution in [0.3, 0.4) is 0 Å². The summed E-state index contributed by atoms with van der Waals surface area (Å²) in [4.78, 5) is 13.6. The number of hydrogen-bond acceptors (Lipinski definition) is 3. The van der Waals surface area contributed by atoms with Crippen molar-refractivity contribution in [3.63, 3.8) is 0 Å². The van der Waals surface area contributed by atoms with Gasteiger partial charge in [0.1, 0.15) is 6.10 Å². The number of hydrogen-bond donors (Lipinski definition) is 1. The van der Waals surface area contributed by atoms with Crippen LogP contribution in [0.25, 0.3) is 0 Å². The fourth-order valence-corrected chi connectivity index (χ4v) is 2.44. The smallest absolute Gasteiger partial charge is 0.223 e. The van der Waals surface area contributed by atoms with Crippen molar-refractivity contribution in [2.24, 2.45) is 0 Å². The molecule has 0 spiro atoms. The van der Waals surface area contributed by atoms with Gasteiger partial charge in [0.25, 0.3) is 0 Å². The number of β-amino-alcohol motifs (C(OH)–C–C–N with tert-alkyl or cyclic N) is 1. The molecule has 0 aromatic heterocycles. The van der Waals surface area contributed by atoms with Crippen LogP contribution in [0, 0.1) is 11.6 Å². The van der Waals surface area contributed by atoms with Crippen LogP contribution in [0.15, 0.2) is 18.2 Å². The number of nitrogens with zero attached hydrogens (tertiary/aromatic N) is 1. The summed E-state index contributed by atoms with van der Waals surface area (Å²) in [5.41, 5.74) is 0.573. The predicted octanol–water partition coefficient (Wildman–Crippen LogP) is 1.51. The van der Waals surface area contributed by atoms with E-state index in [1.54, 1.807) is 4.90 Å². The van der Waals surface area contributed by atoms with Crippen LogP contribution < -0.4 is 0 Å². The van der Waals surface area contributed by atoms with Crippen LogP contribution in [-0.4, -0.2) is 47.8 Å².